The van der Waals surface area contributed by atoms with Gasteiger partial charge in [-0.25, -0.2) is 0 Å². The highest BCUT2D eigenvalue weighted by Gasteiger charge is 2.34. The molecular weight excluding hydrogens is 300 g/mol. The molecule has 4 nitrogen and oxygen atoms in total. The Morgan fingerprint density at radius 1 is 1.12 bits per heavy atom. The summed E-state index contributed by atoms with van der Waals surface area (Å²) in [6.07, 6.45) is 1.58. The van der Waals surface area contributed by atoms with Gasteiger partial charge in [-0.2, -0.15) is 0 Å². The van der Waals surface area contributed by atoms with Gasteiger partial charge in [0.1, 0.15) is 6.04 Å². The molecule has 0 saturated carbocycles. The summed E-state index contributed by atoms with van der Waals surface area (Å²) in [5.41, 5.74) is 2.75. The number of benzene rings is 2. The first kappa shape index (κ1) is 16.2. The zero-order chi connectivity index (χ0) is 16.9. The van der Waals surface area contributed by atoms with Crippen molar-refractivity contribution in [2.75, 3.05) is 6.54 Å². The highest BCUT2D eigenvalue weighted by Crippen LogP contribution is 2.21. The number of hydrogen-bond donors (Lipinski definition) is 1. The summed E-state index contributed by atoms with van der Waals surface area (Å²) in [6.45, 7) is 3.09. The summed E-state index contributed by atoms with van der Waals surface area (Å²) in [4.78, 5) is 27.0. The second-order valence-electron chi connectivity index (χ2n) is 6.23. The van der Waals surface area contributed by atoms with Gasteiger partial charge in [0.15, 0.2) is 0 Å². The van der Waals surface area contributed by atoms with Crippen molar-refractivity contribution in [3.63, 3.8) is 0 Å². The molecule has 2 aromatic carbocycles. The Morgan fingerprint density at radius 2 is 1.92 bits per heavy atom. The molecule has 0 aromatic heterocycles. The molecule has 0 radical (unpaired) electrons. The lowest BCUT2D eigenvalue weighted by Gasteiger charge is -2.24. The van der Waals surface area contributed by atoms with Gasteiger partial charge in [-0.3, -0.25) is 9.59 Å². The van der Waals surface area contributed by atoms with E-state index in [1.165, 1.54) is 0 Å². The number of nitrogens with zero attached hydrogens (tertiary/aromatic N) is 1. The molecule has 1 aliphatic heterocycles. The summed E-state index contributed by atoms with van der Waals surface area (Å²) in [7, 11) is 0. The predicted octanol–water partition coefficient (Wildman–Crippen LogP) is 2.92. The summed E-state index contributed by atoms with van der Waals surface area (Å²) in [5, 5.41) is 2.96. The standard InChI is InChI=1S/C20H22N2O2/c1-15-7-5-10-17(13-15)20(24)22-12-6-11-18(22)19(23)21-14-16-8-3-2-4-9-16/h2-5,7-10,13,18H,6,11-12,14H2,1H3,(H,21,23)/t18-/m0/s1. The molecule has 2 aromatic rings. The van der Waals surface area contributed by atoms with Gasteiger partial charge in [0.2, 0.25) is 5.91 Å². The summed E-state index contributed by atoms with van der Waals surface area (Å²) < 4.78 is 0. The second kappa shape index (κ2) is 7.30. The van der Waals surface area contributed by atoms with Gasteiger partial charge in [-0.05, 0) is 37.5 Å². The van der Waals surface area contributed by atoms with Crippen LogP contribution in [0.2, 0.25) is 0 Å². The van der Waals surface area contributed by atoms with E-state index in [9.17, 15) is 9.59 Å². The monoisotopic (exact) mass is 322 g/mol. The van der Waals surface area contributed by atoms with Crippen molar-refractivity contribution in [1.29, 1.82) is 0 Å². The van der Waals surface area contributed by atoms with Crippen molar-refractivity contribution in [2.24, 2.45) is 0 Å². The number of amides is 2. The average molecular weight is 322 g/mol. The van der Waals surface area contributed by atoms with Crippen molar-refractivity contribution < 1.29 is 9.59 Å². The highest BCUT2D eigenvalue weighted by atomic mass is 16.2. The molecule has 3 rings (SSSR count). The Hall–Kier alpha value is -2.62. The van der Waals surface area contributed by atoms with Crippen LogP contribution in [0, 0.1) is 6.92 Å². The largest absolute Gasteiger partial charge is 0.350 e. The van der Waals surface area contributed by atoms with Crippen molar-refractivity contribution in [3.8, 4) is 0 Å². The zero-order valence-corrected chi connectivity index (χ0v) is 13.9. The van der Waals surface area contributed by atoms with E-state index in [4.69, 9.17) is 0 Å². The molecule has 0 unspecified atom stereocenters. The first-order valence-electron chi connectivity index (χ1n) is 8.34. The maximum Gasteiger partial charge on any atom is 0.254 e. The molecule has 124 valence electrons. The fourth-order valence-electron chi connectivity index (χ4n) is 3.13. The van der Waals surface area contributed by atoms with Gasteiger partial charge in [0.25, 0.3) is 5.91 Å². The number of nitrogens with one attached hydrogen (secondary N) is 1. The van der Waals surface area contributed by atoms with E-state index in [2.05, 4.69) is 5.32 Å². The second-order valence-corrected chi connectivity index (χ2v) is 6.23. The van der Waals surface area contributed by atoms with Gasteiger partial charge in [0, 0.05) is 18.7 Å². The van der Waals surface area contributed by atoms with Crippen LogP contribution >= 0.6 is 0 Å². The minimum Gasteiger partial charge on any atom is -0.350 e. The fraction of sp³-hybridized carbons (Fsp3) is 0.300. The van der Waals surface area contributed by atoms with Crippen LogP contribution in [0.1, 0.15) is 34.3 Å². The SMILES string of the molecule is Cc1cccc(C(=O)N2CCC[C@H]2C(=O)NCc2ccccc2)c1. The van der Waals surface area contributed by atoms with E-state index < -0.39 is 0 Å². The first-order chi connectivity index (χ1) is 11.6. The Morgan fingerprint density at radius 3 is 2.67 bits per heavy atom. The van der Waals surface area contributed by atoms with Crippen molar-refractivity contribution >= 4 is 11.8 Å². The first-order valence-corrected chi connectivity index (χ1v) is 8.34. The third kappa shape index (κ3) is 3.65. The maximum absolute atomic E-state index is 12.7. The molecule has 1 heterocycles. The van der Waals surface area contributed by atoms with Crippen LogP contribution in [-0.4, -0.2) is 29.3 Å². The quantitative estimate of drug-likeness (QED) is 0.941. The molecule has 0 aliphatic carbocycles. The normalized spacial score (nSPS) is 16.9. The number of rotatable bonds is 4. The number of likely N-dealkylation sites (tertiary alicyclic amines) is 1. The average Bonchev–Trinajstić information content (AvgIpc) is 3.09. The Bertz CT molecular complexity index is 727. The third-order valence-corrected chi connectivity index (χ3v) is 4.39. The molecule has 4 heteroatoms. The molecule has 1 N–H and O–H groups in total. The van der Waals surface area contributed by atoms with E-state index >= 15 is 0 Å². The number of hydrogen-bond acceptors (Lipinski definition) is 2. The minimum absolute atomic E-state index is 0.0592. The molecule has 2 amide bonds. The van der Waals surface area contributed by atoms with E-state index in [0.29, 0.717) is 18.7 Å². The summed E-state index contributed by atoms with van der Waals surface area (Å²) in [5.74, 6) is -0.131. The Balaban J connectivity index is 1.66. The third-order valence-electron chi connectivity index (χ3n) is 4.39. The topological polar surface area (TPSA) is 49.4 Å². The summed E-state index contributed by atoms with van der Waals surface area (Å²) in [6, 6.07) is 17.0. The lowest BCUT2D eigenvalue weighted by atomic mass is 10.1. The van der Waals surface area contributed by atoms with Gasteiger partial charge < -0.3 is 10.2 Å². The van der Waals surface area contributed by atoms with Crippen LogP contribution in [0.25, 0.3) is 0 Å². The Kier molecular flexibility index (Phi) is 4.94. The van der Waals surface area contributed by atoms with Gasteiger partial charge in [-0.1, -0.05) is 48.0 Å². The van der Waals surface area contributed by atoms with Gasteiger partial charge in [0.05, 0.1) is 0 Å². The molecular formula is C20H22N2O2. The number of carbonyl (C=O) groups excluding carboxylic acids is 2. The van der Waals surface area contributed by atoms with Gasteiger partial charge in [-0.15, -0.1) is 0 Å². The predicted molar refractivity (Wildman–Crippen MR) is 93.5 cm³/mol. The Labute approximate surface area is 142 Å². The van der Waals surface area contributed by atoms with Crippen molar-refractivity contribution in [3.05, 3.63) is 71.3 Å². The van der Waals surface area contributed by atoms with Crippen molar-refractivity contribution in [2.45, 2.75) is 32.4 Å². The molecule has 1 aliphatic rings. The zero-order valence-electron chi connectivity index (χ0n) is 13.9. The molecule has 0 bridgehead atoms. The van der Waals surface area contributed by atoms with E-state index in [0.717, 1.165) is 24.0 Å². The lowest BCUT2D eigenvalue weighted by Crippen LogP contribution is -2.45. The van der Waals surface area contributed by atoms with Crippen LogP contribution in [0.4, 0.5) is 0 Å². The molecule has 1 saturated heterocycles. The lowest BCUT2D eigenvalue weighted by molar-refractivity contribution is -0.125. The van der Waals surface area contributed by atoms with Gasteiger partial charge >= 0.3 is 0 Å². The molecule has 1 fully saturated rings. The number of aryl methyl sites for hydroxylation is 1. The van der Waals surface area contributed by atoms with Crippen LogP contribution in [0.15, 0.2) is 54.6 Å². The van der Waals surface area contributed by atoms with E-state index in [1.54, 1.807) is 4.90 Å². The summed E-state index contributed by atoms with van der Waals surface area (Å²) >= 11 is 0. The van der Waals surface area contributed by atoms with Crippen LogP contribution in [0.3, 0.4) is 0 Å². The minimum atomic E-state index is -0.373. The van der Waals surface area contributed by atoms with Crippen LogP contribution in [-0.2, 0) is 11.3 Å². The smallest absolute Gasteiger partial charge is 0.254 e. The maximum atomic E-state index is 12.7. The molecule has 24 heavy (non-hydrogen) atoms. The van der Waals surface area contributed by atoms with E-state index in [-0.39, 0.29) is 17.9 Å². The van der Waals surface area contributed by atoms with Crippen LogP contribution < -0.4 is 5.32 Å². The van der Waals surface area contributed by atoms with Crippen LogP contribution in [0.5, 0.6) is 0 Å². The van der Waals surface area contributed by atoms with Crippen molar-refractivity contribution in [1.82, 2.24) is 10.2 Å². The fourth-order valence-corrected chi connectivity index (χ4v) is 3.13. The highest BCUT2D eigenvalue weighted by molar-refractivity contribution is 5.98. The molecule has 0 spiro atoms. The molecule has 1 atom stereocenters. The number of carbonyl (C=O) groups is 2. The van der Waals surface area contributed by atoms with E-state index in [1.807, 2.05) is 61.5 Å².